The zero-order valence-electron chi connectivity index (χ0n) is 10.1. The second-order valence-electron chi connectivity index (χ2n) is 3.43. The van der Waals surface area contributed by atoms with Crippen LogP contribution in [-0.2, 0) is 4.79 Å². The molecule has 0 aliphatic carbocycles. The minimum absolute atomic E-state index is 0.332. The number of carbonyl (C=O) groups excluding carboxylic acids is 1. The number of ether oxygens (including phenoxy) is 2. The first-order chi connectivity index (χ1) is 8.21. The summed E-state index contributed by atoms with van der Waals surface area (Å²) < 4.78 is 10.8. The molecule has 1 aromatic rings. The van der Waals surface area contributed by atoms with E-state index in [0.717, 1.165) is 5.75 Å². The molecule has 3 N–H and O–H groups in total. The number of hydrogen-bond acceptors (Lipinski definition) is 4. The van der Waals surface area contributed by atoms with Crippen molar-refractivity contribution < 1.29 is 14.3 Å². The van der Waals surface area contributed by atoms with Crippen molar-refractivity contribution in [1.82, 2.24) is 5.43 Å². The number of benzene rings is 1. The molecule has 0 spiro atoms. The molecule has 0 aromatic heterocycles. The van der Waals surface area contributed by atoms with E-state index in [0.29, 0.717) is 18.8 Å². The fourth-order valence-corrected chi connectivity index (χ4v) is 1.36. The summed E-state index contributed by atoms with van der Waals surface area (Å²) in [6.45, 7) is 4.39. The summed E-state index contributed by atoms with van der Waals surface area (Å²) in [4.78, 5) is 11.3. The Morgan fingerprint density at radius 2 is 1.88 bits per heavy atom. The van der Waals surface area contributed by atoms with Gasteiger partial charge in [-0.1, -0.05) is 6.92 Å². The molecule has 0 aliphatic rings. The Labute approximate surface area is 101 Å². The lowest BCUT2D eigenvalue weighted by atomic mass is 10.2. The van der Waals surface area contributed by atoms with Gasteiger partial charge in [-0.25, -0.2) is 5.84 Å². The maximum atomic E-state index is 11.3. The molecular formula is C12H18N2O3. The second-order valence-corrected chi connectivity index (χ2v) is 3.43. The SMILES string of the molecule is CCOc1ccc(OC(CC)C(=O)NN)cc1. The van der Waals surface area contributed by atoms with Crippen LogP contribution in [0, 0.1) is 0 Å². The van der Waals surface area contributed by atoms with Gasteiger partial charge in [0.2, 0.25) is 0 Å². The summed E-state index contributed by atoms with van der Waals surface area (Å²) in [6, 6.07) is 7.12. The number of hydrogen-bond donors (Lipinski definition) is 2. The van der Waals surface area contributed by atoms with Crippen LogP contribution in [0.4, 0.5) is 0 Å². The van der Waals surface area contributed by atoms with E-state index in [1.54, 1.807) is 24.3 Å². The quantitative estimate of drug-likeness (QED) is 0.444. The summed E-state index contributed by atoms with van der Waals surface area (Å²) in [7, 11) is 0. The normalized spacial score (nSPS) is 11.7. The largest absolute Gasteiger partial charge is 0.494 e. The third-order valence-electron chi connectivity index (χ3n) is 2.22. The lowest BCUT2D eigenvalue weighted by Crippen LogP contribution is -2.41. The van der Waals surface area contributed by atoms with E-state index >= 15 is 0 Å². The van der Waals surface area contributed by atoms with E-state index in [1.807, 2.05) is 13.8 Å². The molecule has 1 amide bonds. The average Bonchev–Trinajstić information content (AvgIpc) is 2.37. The van der Waals surface area contributed by atoms with Crippen LogP contribution in [-0.4, -0.2) is 18.6 Å². The first-order valence-corrected chi connectivity index (χ1v) is 5.61. The molecule has 0 bridgehead atoms. The number of nitrogens with one attached hydrogen (secondary N) is 1. The van der Waals surface area contributed by atoms with Gasteiger partial charge in [0.15, 0.2) is 6.10 Å². The zero-order chi connectivity index (χ0) is 12.7. The third-order valence-corrected chi connectivity index (χ3v) is 2.22. The van der Waals surface area contributed by atoms with Crippen molar-refractivity contribution in [2.75, 3.05) is 6.61 Å². The monoisotopic (exact) mass is 238 g/mol. The molecule has 1 atom stereocenters. The predicted octanol–water partition coefficient (Wildman–Crippen LogP) is 1.23. The minimum atomic E-state index is -0.571. The van der Waals surface area contributed by atoms with E-state index in [4.69, 9.17) is 15.3 Å². The topological polar surface area (TPSA) is 73.6 Å². The van der Waals surface area contributed by atoms with Crippen molar-refractivity contribution in [2.45, 2.75) is 26.4 Å². The summed E-state index contributed by atoms with van der Waals surface area (Å²) >= 11 is 0. The third kappa shape index (κ3) is 3.96. The predicted molar refractivity (Wildman–Crippen MR) is 64.6 cm³/mol. The Morgan fingerprint density at radius 3 is 2.35 bits per heavy atom. The molecule has 0 fully saturated rings. The highest BCUT2D eigenvalue weighted by Gasteiger charge is 2.16. The Bertz CT molecular complexity index is 351. The summed E-state index contributed by atoms with van der Waals surface area (Å²) in [6.07, 6.45) is -0.0195. The maximum absolute atomic E-state index is 11.3. The number of rotatable bonds is 6. The Morgan fingerprint density at radius 1 is 1.29 bits per heavy atom. The molecule has 1 aromatic carbocycles. The van der Waals surface area contributed by atoms with Crippen LogP contribution in [0.3, 0.4) is 0 Å². The Balaban J connectivity index is 2.64. The molecular weight excluding hydrogens is 220 g/mol. The minimum Gasteiger partial charge on any atom is -0.494 e. The van der Waals surface area contributed by atoms with Crippen LogP contribution in [0.2, 0.25) is 0 Å². The molecule has 0 saturated heterocycles. The van der Waals surface area contributed by atoms with E-state index < -0.39 is 6.10 Å². The summed E-state index contributed by atoms with van der Waals surface area (Å²) in [5.74, 6) is 6.12. The molecule has 5 nitrogen and oxygen atoms in total. The van der Waals surface area contributed by atoms with Crippen LogP contribution in [0.15, 0.2) is 24.3 Å². The van der Waals surface area contributed by atoms with Gasteiger partial charge in [-0.05, 0) is 37.6 Å². The number of amides is 1. The standard InChI is InChI=1S/C12H18N2O3/c1-3-11(12(15)14-13)17-10-7-5-9(6-8-10)16-4-2/h5-8,11H,3-4,13H2,1-2H3,(H,14,15). The first kappa shape index (κ1) is 13.3. The molecule has 0 heterocycles. The van der Waals surface area contributed by atoms with Gasteiger partial charge >= 0.3 is 0 Å². The molecule has 1 unspecified atom stereocenters. The fraction of sp³-hybridized carbons (Fsp3) is 0.417. The Hall–Kier alpha value is -1.75. The van der Waals surface area contributed by atoms with Gasteiger partial charge in [-0.15, -0.1) is 0 Å². The van der Waals surface area contributed by atoms with E-state index in [1.165, 1.54) is 0 Å². The van der Waals surface area contributed by atoms with Gasteiger partial charge in [0.25, 0.3) is 5.91 Å². The second kappa shape index (κ2) is 6.75. The van der Waals surface area contributed by atoms with Gasteiger partial charge in [-0.3, -0.25) is 10.2 Å². The maximum Gasteiger partial charge on any atom is 0.274 e. The number of carbonyl (C=O) groups is 1. The lowest BCUT2D eigenvalue weighted by Gasteiger charge is -2.15. The molecule has 0 aliphatic heterocycles. The highest BCUT2D eigenvalue weighted by Crippen LogP contribution is 2.19. The molecule has 5 heteroatoms. The highest BCUT2D eigenvalue weighted by molar-refractivity contribution is 5.80. The van der Waals surface area contributed by atoms with Gasteiger partial charge in [0, 0.05) is 0 Å². The van der Waals surface area contributed by atoms with Crippen molar-refractivity contribution in [3.05, 3.63) is 24.3 Å². The lowest BCUT2D eigenvalue weighted by molar-refractivity contribution is -0.128. The van der Waals surface area contributed by atoms with Gasteiger partial charge < -0.3 is 9.47 Å². The summed E-state index contributed by atoms with van der Waals surface area (Å²) in [5, 5.41) is 0. The number of hydrazine groups is 1. The Kier molecular flexibility index (Phi) is 5.29. The smallest absolute Gasteiger partial charge is 0.274 e. The van der Waals surface area contributed by atoms with E-state index in [-0.39, 0.29) is 5.91 Å². The van der Waals surface area contributed by atoms with Crippen LogP contribution in [0.25, 0.3) is 0 Å². The van der Waals surface area contributed by atoms with Crippen molar-refractivity contribution in [3.63, 3.8) is 0 Å². The van der Waals surface area contributed by atoms with Crippen LogP contribution in [0.5, 0.6) is 11.5 Å². The van der Waals surface area contributed by atoms with Gasteiger partial charge in [-0.2, -0.15) is 0 Å². The van der Waals surface area contributed by atoms with Crippen LogP contribution >= 0.6 is 0 Å². The van der Waals surface area contributed by atoms with Crippen molar-refractivity contribution >= 4 is 5.91 Å². The van der Waals surface area contributed by atoms with Crippen molar-refractivity contribution in [1.29, 1.82) is 0 Å². The molecule has 1 rings (SSSR count). The van der Waals surface area contributed by atoms with Crippen molar-refractivity contribution in [3.8, 4) is 11.5 Å². The number of nitrogens with two attached hydrogens (primary N) is 1. The van der Waals surface area contributed by atoms with E-state index in [9.17, 15) is 4.79 Å². The van der Waals surface area contributed by atoms with E-state index in [2.05, 4.69) is 5.43 Å². The molecule has 0 saturated carbocycles. The zero-order valence-corrected chi connectivity index (χ0v) is 10.1. The average molecular weight is 238 g/mol. The van der Waals surface area contributed by atoms with Crippen LogP contribution < -0.4 is 20.7 Å². The van der Waals surface area contributed by atoms with Gasteiger partial charge in [0.05, 0.1) is 6.61 Å². The summed E-state index contributed by atoms with van der Waals surface area (Å²) in [5.41, 5.74) is 2.08. The van der Waals surface area contributed by atoms with Crippen molar-refractivity contribution in [2.24, 2.45) is 5.84 Å². The highest BCUT2D eigenvalue weighted by atomic mass is 16.5. The fourth-order valence-electron chi connectivity index (χ4n) is 1.36. The van der Waals surface area contributed by atoms with Gasteiger partial charge in [0.1, 0.15) is 11.5 Å². The molecule has 0 radical (unpaired) electrons. The van der Waals surface area contributed by atoms with Crippen LogP contribution in [0.1, 0.15) is 20.3 Å². The first-order valence-electron chi connectivity index (χ1n) is 5.61. The molecule has 17 heavy (non-hydrogen) atoms. The molecule has 94 valence electrons.